The molecule has 1 unspecified atom stereocenters. The quantitative estimate of drug-likeness (QED) is 0.924. The first kappa shape index (κ1) is 15.5. The van der Waals surface area contributed by atoms with E-state index >= 15 is 0 Å². The Morgan fingerprint density at radius 2 is 1.67 bits per heavy atom. The van der Waals surface area contributed by atoms with Gasteiger partial charge in [-0.15, -0.1) is 0 Å². The van der Waals surface area contributed by atoms with E-state index in [1.54, 1.807) is 18.7 Å². The van der Waals surface area contributed by atoms with Crippen LogP contribution in [-0.4, -0.2) is 28.3 Å². The fraction of sp³-hybridized carbons (Fsp3) is 0.529. The van der Waals surface area contributed by atoms with Gasteiger partial charge in [0.1, 0.15) is 11.6 Å². The molecular formula is C17H24N2O2. The van der Waals surface area contributed by atoms with Gasteiger partial charge in [-0.2, -0.15) is 0 Å². The molecule has 1 saturated heterocycles. The van der Waals surface area contributed by atoms with Crippen LogP contribution < -0.4 is 5.32 Å². The van der Waals surface area contributed by atoms with Gasteiger partial charge in [0, 0.05) is 6.54 Å². The predicted molar refractivity (Wildman–Crippen MR) is 82.7 cm³/mol. The third-order valence-corrected chi connectivity index (χ3v) is 4.08. The molecule has 0 aromatic heterocycles. The van der Waals surface area contributed by atoms with Crippen LogP contribution in [0.5, 0.6) is 0 Å². The normalized spacial score (nSPS) is 21.3. The van der Waals surface area contributed by atoms with E-state index in [2.05, 4.69) is 24.4 Å². The number of nitrogens with zero attached hydrogens (tertiary/aromatic N) is 1. The summed E-state index contributed by atoms with van der Waals surface area (Å²) in [6.07, 6.45) is 1.62. The van der Waals surface area contributed by atoms with Crippen molar-refractivity contribution in [3.8, 4) is 0 Å². The number of nitrogens with one attached hydrogen (secondary N) is 1. The molecule has 1 aliphatic heterocycles. The van der Waals surface area contributed by atoms with Crippen molar-refractivity contribution in [1.29, 1.82) is 0 Å². The number of amides is 2. The Balaban J connectivity index is 2.24. The average Bonchev–Trinajstić information content (AvgIpc) is 2.45. The zero-order valence-electron chi connectivity index (χ0n) is 13.3. The van der Waals surface area contributed by atoms with Gasteiger partial charge in [-0.25, -0.2) is 0 Å². The molecule has 21 heavy (non-hydrogen) atoms. The molecule has 1 aliphatic rings. The summed E-state index contributed by atoms with van der Waals surface area (Å²) in [5.74, 6) is -0.0826. The van der Waals surface area contributed by atoms with E-state index < -0.39 is 5.54 Å². The van der Waals surface area contributed by atoms with Gasteiger partial charge in [0.25, 0.3) is 0 Å². The summed E-state index contributed by atoms with van der Waals surface area (Å²) in [6, 6.07) is 7.86. The summed E-state index contributed by atoms with van der Waals surface area (Å²) in [6.45, 7) is 8.04. The van der Waals surface area contributed by atoms with Crippen molar-refractivity contribution in [1.82, 2.24) is 10.2 Å². The fourth-order valence-corrected chi connectivity index (χ4v) is 2.75. The lowest BCUT2D eigenvalue weighted by Crippen LogP contribution is -2.67. The summed E-state index contributed by atoms with van der Waals surface area (Å²) >= 11 is 0. The van der Waals surface area contributed by atoms with Crippen LogP contribution >= 0.6 is 0 Å². The molecule has 0 spiro atoms. The zero-order valence-corrected chi connectivity index (χ0v) is 13.3. The maximum absolute atomic E-state index is 12.6. The Kier molecular flexibility index (Phi) is 4.35. The summed E-state index contributed by atoms with van der Waals surface area (Å²) in [5, 5.41) is 2.81. The largest absolute Gasteiger partial charge is 0.340 e. The van der Waals surface area contributed by atoms with Crippen LogP contribution in [0.3, 0.4) is 0 Å². The molecule has 2 rings (SSSR count). The van der Waals surface area contributed by atoms with Gasteiger partial charge in [0.05, 0.1) is 0 Å². The lowest BCUT2D eigenvalue weighted by molar-refractivity contribution is -0.154. The molecule has 1 aromatic carbocycles. The van der Waals surface area contributed by atoms with E-state index in [1.165, 1.54) is 5.56 Å². The molecule has 0 bridgehead atoms. The van der Waals surface area contributed by atoms with Crippen LogP contribution in [0.4, 0.5) is 0 Å². The molecule has 4 heteroatoms. The van der Waals surface area contributed by atoms with E-state index in [9.17, 15) is 9.59 Å². The second kappa shape index (κ2) is 5.88. The zero-order chi connectivity index (χ0) is 15.6. The van der Waals surface area contributed by atoms with E-state index in [4.69, 9.17) is 0 Å². The molecule has 0 radical (unpaired) electrons. The highest BCUT2D eigenvalue weighted by Crippen LogP contribution is 2.22. The van der Waals surface area contributed by atoms with E-state index in [-0.39, 0.29) is 17.9 Å². The van der Waals surface area contributed by atoms with Gasteiger partial charge in [0.15, 0.2) is 0 Å². The first-order valence-electron chi connectivity index (χ1n) is 7.60. The Morgan fingerprint density at radius 1 is 1.10 bits per heavy atom. The molecular weight excluding hydrogens is 264 g/mol. The van der Waals surface area contributed by atoms with Gasteiger partial charge < -0.3 is 10.2 Å². The Hall–Kier alpha value is -1.84. The van der Waals surface area contributed by atoms with Gasteiger partial charge in [-0.1, -0.05) is 38.1 Å². The lowest BCUT2D eigenvalue weighted by Gasteiger charge is -2.42. The van der Waals surface area contributed by atoms with Crippen molar-refractivity contribution in [3.05, 3.63) is 35.4 Å². The number of benzene rings is 1. The van der Waals surface area contributed by atoms with Crippen LogP contribution in [0.1, 0.15) is 45.2 Å². The van der Waals surface area contributed by atoms with E-state index in [1.807, 2.05) is 19.1 Å². The molecule has 2 amide bonds. The van der Waals surface area contributed by atoms with Crippen molar-refractivity contribution in [2.45, 2.75) is 58.7 Å². The number of hydrogen-bond acceptors (Lipinski definition) is 2. The predicted octanol–water partition coefficient (Wildman–Crippen LogP) is 2.26. The highest BCUT2D eigenvalue weighted by Gasteiger charge is 2.44. The lowest BCUT2D eigenvalue weighted by atomic mass is 9.95. The average molecular weight is 288 g/mol. The van der Waals surface area contributed by atoms with Crippen molar-refractivity contribution < 1.29 is 9.59 Å². The minimum absolute atomic E-state index is 0.0199. The van der Waals surface area contributed by atoms with Crippen molar-refractivity contribution in [2.24, 2.45) is 0 Å². The Morgan fingerprint density at radius 3 is 2.19 bits per heavy atom. The first-order chi connectivity index (χ1) is 9.89. The second-order valence-electron chi connectivity index (χ2n) is 6.14. The fourth-order valence-electron chi connectivity index (χ4n) is 2.75. The molecule has 0 saturated carbocycles. The van der Waals surface area contributed by atoms with Crippen molar-refractivity contribution in [2.75, 3.05) is 0 Å². The van der Waals surface area contributed by atoms with Crippen molar-refractivity contribution in [3.63, 3.8) is 0 Å². The summed E-state index contributed by atoms with van der Waals surface area (Å²) in [4.78, 5) is 26.5. The number of rotatable bonds is 4. The van der Waals surface area contributed by atoms with Crippen LogP contribution in [0, 0.1) is 0 Å². The van der Waals surface area contributed by atoms with Gasteiger partial charge in [0.2, 0.25) is 11.8 Å². The molecule has 1 heterocycles. The number of hydrogen-bond donors (Lipinski definition) is 1. The van der Waals surface area contributed by atoms with Crippen LogP contribution in [0.2, 0.25) is 0 Å². The smallest absolute Gasteiger partial charge is 0.248 e. The third-order valence-electron chi connectivity index (χ3n) is 4.08. The molecule has 1 N–H and O–H groups in total. The first-order valence-corrected chi connectivity index (χ1v) is 7.60. The molecule has 0 aliphatic carbocycles. The SMILES string of the molecule is CCc1ccc(CN2C(=O)C(C)(C)NC(=O)C2CC)cc1. The monoisotopic (exact) mass is 288 g/mol. The highest BCUT2D eigenvalue weighted by atomic mass is 16.2. The summed E-state index contributed by atoms with van der Waals surface area (Å²) in [5.41, 5.74) is 1.50. The standard InChI is InChI=1S/C17H24N2O2/c1-5-12-7-9-13(10-8-12)11-19-14(6-2)15(20)18-17(3,4)16(19)21/h7-10,14H,5-6,11H2,1-4H3,(H,18,20). The summed E-state index contributed by atoms with van der Waals surface area (Å²) < 4.78 is 0. The number of aryl methyl sites for hydroxylation is 1. The van der Waals surface area contributed by atoms with Crippen LogP contribution in [-0.2, 0) is 22.6 Å². The maximum Gasteiger partial charge on any atom is 0.248 e. The Bertz CT molecular complexity index is 534. The molecule has 1 aromatic rings. The Labute approximate surface area is 126 Å². The topological polar surface area (TPSA) is 49.4 Å². The number of carbonyl (C=O) groups is 2. The van der Waals surface area contributed by atoms with Gasteiger partial charge in [-0.05, 0) is 37.8 Å². The second-order valence-corrected chi connectivity index (χ2v) is 6.14. The maximum atomic E-state index is 12.6. The van der Waals surface area contributed by atoms with Gasteiger partial charge >= 0.3 is 0 Å². The number of carbonyl (C=O) groups excluding carboxylic acids is 2. The minimum atomic E-state index is -0.827. The molecule has 1 fully saturated rings. The van der Waals surface area contributed by atoms with Crippen LogP contribution in [0.15, 0.2) is 24.3 Å². The molecule has 1 atom stereocenters. The van der Waals surface area contributed by atoms with E-state index in [0.29, 0.717) is 13.0 Å². The molecule has 4 nitrogen and oxygen atoms in total. The van der Waals surface area contributed by atoms with E-state index in [0.717, 1.165) is 12.0 Å². The summed E-state index contributed by atoms with van der Waals surface area (Å²) in [7, 11) is 0. The highest BCUT2D eigenvalue weighted by molar-refractivity contribution is 5.99. The van der Waals surface area contributed by atoms with Gasteiger partial charge in [-0.3, -0.25) is 9.59 Å². The number of piperazine rings is 1. The van der Waals surface area contributed by atoms with Crippen molar-refractivity contribution >= 4 is 11.8 Å². The van der Waals surface area contributed by atoms with Crippen LogP contribution in [0.25, 0.3) is 0 Å². The molecule has 114 valence electrons. The third kappa shape index (κ3) is 3.09. The minimum Gasteiger partial charge on any atom is -0.340 e.